The van der Waals surface area contributed by atoms with Gasteiger partial charge in [-0.05, 0) is 47.8 Å². The Bertz CT molecular complexity index is 1040. The number of benzene rings is 3. The van der Waals surface area contributed by atoms with Crippen molar-refractivity contribution in [2.24, 2.45) is 0 Å². The average Bonchev–Trinajstić information content (AvgIpc) is 2.81. The maximum Gasteiger partial charge on any atom is 0.131 e. The van der Waals surface area contributed by atoms with Gasteiger partial charge in [-0.15, -0.1) is 0 Å². The number of piperazine rings is 1. The molecule has 0 saturated carbocycles. The van der Waals surface area contributed by atoms with Gasteiger partial charge in [-0.2, -0.15) is 0 Å². The second-order valence-electron chi connectivity index (χ2n) is 8.60. The van der Waals surface area contributed by atoms with Crippen molar-refractivity contribution in [1.82, 2.24) is 9.80 Å². The molecule has 5 rings (SSSR count). The van der Waals surface area contributed by atoms with E-state index in [2.05, 4.69) is 52.3 Å². The number of hydrogen-bond acceptors (Lipinski definition) is 2. The van der Waals surface area contributed by atoms with Gasteiger partial charge in [0.25, 0.3) is 0 Å². The zero-order chi connectivity index (χ0) is 20.3. The lowest BCUT2D eigenvalue weighted by molar-refractivity contribution is 0.147. The van der Waals surface area contributed by atoms with Crippen molar-refractivity contribution >= 4 is 10.8 Å². The molecule has 3 heteroatoms. The molecule has 3 aromatic carbocycles. The van der Waals surface area contributed by atoms with E-state index >= 15 is 0 Å². The number of nitrogens with zero attached hydrogens (tertiary/aromatic N) is 2. The van der Waals surface area contributed by atoms with Gasteiger partial charge in [0.2, 0.25) is 0 Å². The summed E-state index contributed by atoms with van der Waals surface area (Å²) in [6.45, 7) is 5.52. The Balaban J connectivity index is 1.22. The maximum absolute atomic E-state index is 14.2. The third-order valence-corrected chi connectivity index (χ3v) is 6.76. The van der Waals surface area contributed by atoms with E-state index in [1.54, 1.807) is 6.07 Å². The predicted octanol–water partition coefficient (Wildman–Crippen LogP) is 5.95. The van der Waals surface area contributed by atoms with Gasteiger partial charge in [0.1, 0.15) is 5.82 Å². The first kappa shape index (κ1) is 19.3. The fraction of sp³-hybridized carbons (Fsp3) is 0.333. The fourth-order valence-electron chi connectivity index (χ4n) is 5.07. The molecule has 2 aliphatic rings. The molecule has 2 nitrogen and oxygen atoms in total. The molecule has 1 unspecified atom stereocenters. The van der Waals surface area contributed by atoms with Gasteiger partial charge < -0.3 is 4.90 Å². The summed E-state index contributed by atoms with van der Waals surface area (Å²) in [7, 11) is 0. The Hall–Kier alpha value is -2.65. The zero-order valence-corrected chi connectivity index (χ0v) is 17.4. The molecule has 1 atom stereocenters. The summed E-state index contributed by atoms with van der Waals surface area (Å²) in [4.78, 5) is 5.14. The van der Waals surface area contributed by atoms with Gasteiger partial charge in [0, 0.05) is 43.8 Å². The van der Waals surface area contributed by atoms with Crippen LogP contribution in [0.5, 0.6) is 0 Å². The van der Waals surface area contributed by atoms with Crippen LogP contribution in [0.15, 0.2) is 78.5 Å². The van der Waals surface area contributed by atoms with Crippen LogP contribution in [0.3, 0.4) is 0 Å². The molecule has 0 aromatic heterocycles. The minimum absolute atomic E-state index is 0.116. The van der Waals surface area contributed by atoms with Crippen LogP contribution in [0, 0.1) is 5.82 Å². The highest BCUT2D eigenvalue weighted by atomic mass is 19.1. The number of fused-ring (bicyclic) bond motifs is 1. The molecule has 1 saturated heterocycles. The normalized spacial score (nSPS) is 20.4. The van der Waals surface area contributed by atoms with Gasteiger partial charge in [-0.25, -0.2) is 4.39 Å². The van der Waals surface area contributed by atoms with Crippen LogP contribution in [0.4, 0.5) is 4.39 Å². The van der Waals surface area contributed by atoms with Crippen LogP contribution in [0.2, 0.25) is 0 Å². The van der Waals surface area contributed by atoms with E-state index in [9.17, 15) is 4.39 Å². The summed E-state index contributed by atoms with van der Waals surface area (Å²) in [5, 5.41) is 1.83. The van der Waals surface area contributed by atoms with Gasteiger partial charge in [0.15, 0.2) is 0 Å². The molecule has 0 bridgehead atoms. The Morgan fingerprint density at radius 3 is 2.27 bits per heavy atom. The first-order valence-corrected chi connectivity index (χ1v) is 11.2. The van der Waals surface area contributed by atoms with Crippen LogP contribution in [0.25, 0.3) is 10.8 Å². The van der Waals surface area contributed by atoms with Crippen LogP contribution >= 0.6 is 0 Å². The van der Waals surface area contributed by atoms with Gasteiger partial charge in [-0.1, -0.05) is 66.7 Å². The van der Waals surface area contributed by atoms with Crippen molar-refractivity contribution in [1.29, 1.82) is 0 Å². The highest BCUT2D eigenvalue weighted by molar-refractivity contribution is 5.86. The van der Waals surface area contributed by atoms with Crippen molar-refractivity contribution in [2.45, 2.75) is 31.7 Å². The molecule has 1 aliphatic heterocycles. The standard InChI is InChI=1S/C27H29FN2/c28-27-15-14-24(25-8-4-5-9-26(25)27)22-10-12-23(13-11-22)30-18-16-29(17-19-30)20-21-6-2-1-3-7-21/h1-9,12,14-15,22H,10-11,13,16-20H2. The Labute approximate surface area is 178 Å². The Kier molecular flexibility index (Phi) is 5.54. The van der Waals surface area contributed by atoms with Crippen LogP contribution in [-0.2, 0) is 6.54 Å². The van der Waals surface area contributed by atoms with E-state index in [0.717, 1.165) is 62.8 Å². The molecular weight excluding hydrogens is 371 g/mol. The maximum atomic E-state index is 14.2. The summed E-state index contributed by atoms with van der Waals surface area (Å²) in [6, 6.07) is 22.3. The van der Waals surface area contributed by atoms with Crippen LogP contribution in [-0.4, -0.2) is 36.0 Å². The predicted molar refractivity (Wildman–Crippen MR) is 122 cm³/mol. The molecule has 1 heterocycles. The van der Waals surface area contributed by atoms with Crippen molar-refractivity contribution in [3.8, 4) is 0 Å². The van der Waals surface area contributed by atoms with Gasteiger partial charge >= 0.3 is 0 Å². The lowest BCUT2D eigenvalue weighted by atomic mass is 9.83. The van der Waals surface area contributed by atoms with E-state index in [4.69, 9.17) is 0 Å². The van der Waals surface area contributed by atoms with E-state index in [0.29, 0.717) is 5.92 Å². The van der Waals surface area contributed by atoms with E-state index < -0.39 is 0 Å². The molecule has 1 fully saturated rings. The lowest BCUT2D eigenvalue weighted by Crippen LogP contribution is -2.45. The number of rotatable bonds is 4. The zero-order valence-electron chi connectivity index (χ0n) is 17.4. The largest absolute Gasteiger partial charge is 0.373 e. The summed E-state index contributed by atoms with van der Waals surface area (Å²) >= 11 is 0. The highest BCUT2D eigenvalue weighted by Crippen LogP contribution is 2.37. The van der Waals surface area contributed by atoms with E-state index in [1.807, 2.05) is 24.3 Å². The average molecular weight is 401 g/mol. The summed E-state index contributed by atoms with van der Waals surface area (Å²) in [5.74, 6) is 0.369. The van der Waals surface area contributed by atoms with E-state index in [-0.39, 0.29) is 5.82 Å². The van der Waals surface area contributed by atoms with Crippen LogP contribution in [0.1, 0.15) is 36.3 Å². The monoisotopic (exact) mass is 400 g/mol. The molecule has 1 aliphatic carbocycles. The third-order valence-electron chi connectivity index (χ3n) is 6.76. The quantitative estimate of drug-likeness (QED) is 0.534. The molecule has 0 radical (unpaired) electrons. The second-order valence-corrected chi connectivity index (χ2v) is 8.60. The first-order valence-electron chi connectivity index (χ1n) is 11.2. The molecule has 30 heavy (non-hydrogen) atoms. The minimum Gasteiger partial charge on any atom is -0.373 e. The lowest BCUT2D eigenvalue weighted by Gasteiger charge is -2.39. The minimum atomic E-state index is -0.116. The molecule has 0 spiro atoms. The van der Waals surface area contributed by atoms with Crippen LogP contribution < -0.4 is 0 Å². The molecular formula is C27H29FN2. The number of halogens is 1. The summed E-state index contributed by atoms with van der Waals surface area (Å²) < 4.78 is 14.2. The topological polar surface area (TPSA) is 6.48 Å². The van der Waals surface area contributed by atoms with Crippen molar-refractivity contribution in [3.05, 3.63) is 95.4 Å². The smallest absolute Gasteiger partial charge is 0.131 e. The Morgan fingerprint density at radius 1 is 0.800 bits per heavy atom. The molecule has 0 amide bonds. The molecule has 3 aromatic rings. The van der Waals surface area contributed by atoms with Crippen molar-refractivity contribution < 1.29 is 4.39 Å². The third kappa shape index (κ3) is 3.99. The van der Waals surface area contributed by atoms with E-state index in [1.165, 1.54) is 16.8 Å². The molecule has 0 N–H and O–H groups in total. The number of allylic oxidation sites excluding steroid dienone is 2. The Morgan fingerprint density at radius 2 is 1.53 bits per heavy atom. The molecule has 154 valence electrons. The highest BCUT2D eigenvalue weighted by Gasteiger charge is 2.24. The SMILES string of the molecule is Fc1ccc(C2CC=C(N3CCN(Cc4ccccc4)CC3)CC2)c2ccccc12. The summed E-state index contributed by atoms with van der Waals surface area (Å²) in [6.07, 6.45) is 5.76. The van der Waals surface area contributed by atoms with Crippen molar-refractivity contribution in [3.63, 3.8) is 0 Å². The second kappa shape index (κ2) is 8.61. The van der Waals surface area contributed by atoms with Gasteiger partial charge in [-0.3, -0.25) is 4.90 Å². The van der Waals surface area contributed by atoms with Crippen molar-refractivity contribution in [2.75, 3.05) is 26.2 Å². The number of hydrogen-bond donors (Lipinski definition) is 0. The summed E-state index contributed by atoms with van der Waals surface area (Å²) in [5.41, 5.74) is 4.21. The van der Waals surface area contributed by atoms with Gasteiger partial charge in [0.05, 0.1) is 0 Å². The fourth-order valence-corrected chi connectivity index (χ4v) is 5.07. The first-order chi connectivity index (χ1) is 14.8.